The van der Waals surface area contributed by atoms with E-state index in [4.69, 9.17) is 0 Å². The van der Waals surface area contributed by atoms with Gasteiger partial charge in [-0.25, -0.2) is 4.98 Å². The van der Waals surface area contributed by atoms with Gasteiger partial charge in [0.2, 0.25) is 0 Å². The van der Waals surface area contributed by atoms with Gasteiger partial charge in [0.05, 0.1) is 11.2 Å². The second-order valence-electron chi connectivity index (χ2n) is 8.30. The molecule has 2 bridgehead atoms. The van der Waals surface area contributed by atoms with Gasteiger partial charge >= 0.3 is 0 Å². The molecule has 2 heterocycles. The molecule has 0 N–H and O–H groups in total. The third-order valence-corrected chi connectivity index (χ3v) is 7.91. The van der Waals surface area contributed by atoms with Crippen molar-refractivity contribution in [1.29, 1.82) is 0 Å². The number of hydrogen-bond donors (Lipinski definition) is 0. The highest BCUT2D eigenvalue weighted by atomic mass is 32.1. The molecule has 124 valence electrons. The van der Waals surface area contributed by atoms with Crippen LogP contribution in [0.2, 0.25) is 0 Å². The molecule has 0 aromatic carbocycles. The summed E-state index contributed by atoms with van der Waals surface area (Å²) in [5.41, 5.74) is 0. The first-order valence-corrected chi connectivity index (χ1v) is 10.4. The molecule has 4 unspecified atom stereocenters. The third-order valence-electron chi connectivity index (χ3n) is 6.76. The maximum absolute atomic E-state index is 12.9. The van der Waals surface area contributed by atoms with E-state index in [1.54, 1.807) is 11.3 Å². The first kappa shape index (κ1) is 14.4. The van der Waals surface area contributed by atoms with Gasteiger partial charge in [0.15, 0.2) is 0 Å². The molecular weight excluding hydrogens is 304 g/mol. The van der Waals surface area contributed by atoms with Crippen LogP contribution in [0.4, 0.5) is 0 Å². The zero-order valence-corrected chi connectivity index (χ0v) is 14.6. The van der Waals surface area contributed by atoms with Crippen molar-refractivity contribution in [2.75, 3.05) is 6.54 Å². The number of fused-ring (bicyclic) bond motifs is 2. The summed E-state index contributed by atoms with van der Waals surface area (Å²) in [5.74, 6) is 3.81. The van der Waals surface area contributed by atoms with Crippen LogP contribution in [0, 0.1) is 17.8 Å². The van der Waals surface area contributed by atoms with Gasteiger partial charge < -0.3 is 4.90 Å². The van der Waals surface area contributed by atoms with E-state index >= 15 is 0 Å². The molecule has 4 heteroatoms. The SMILES string of the molecule is O=C(c1cnc(C2CC2)s1)N1CCCC1CC1CC2CCC1C2. The monoisotopic (exact) mass is 330 g/mol. The van der Waals surface area contributed by atoms with Crippen LogP contribution in [0.3, 0.4) is 0 Å². The van der Waals surface area contributed by atoms with Crippen molar-refractivity contribution in [3.05, 3.63) is 16.1 Å². The zero-order chi connectivity index (χ0) is 15.4. The van der Waals surface area contributed by atoms with E-state index < -0.39 is 0 Å². The average Bonchev–Trinajstić information content (AvgIpc) is 3.01. The Labute approximate surface area is 142 Å². The third kappa shape index (κ3) is 2.63. The Morgan fingerprint density at radius 2 is 2.13 bits per heavy atom. The minimum Gasteiger partial charge on any atom is -0.335 e. The van der Waals surface area contributed by atoms with Crippen molar-refractivity contribution in [2.45, 2.75) is 69.7 Å². The van der Waals surface area contributed by atoms with E-state index in [1.807, 2.05) is 6.20 Å². The van der Waals surface area contributed by atoms with Gasteiger partial charge in [0.25, 0.3) is 5.91 Å². The van der Waals surface area contributed by atoms with Crippen molar-refractivity contribution in [3.8, 4) is 0 Å². The summed E-state index contributed by atoms with van der Waals surface area (Å²) in [7, 11) is 0. The fraction of sp³-hybridized carbons (Fsp3) is 0.789. The van der Waals surface area contributed by atoms with Crippen LogP contribution in [0.1, 0.15) is 78.4 Å². The quantitative estimate of drug-likeness (QED) is 0.817. The van der Waals surface area contributed by atoms with Gasteiger partial charge in [-0.05, 0) is 69.1 Å². The second-order valence-corrected chi connectivity index (χ2v) is 9.36. The van der Waals surface area contributed by atoms with Gasteiger partial charge in [-0.15, -0.1) is 11.3 Å². The highest BCUT2D eigenvalue weighted by Gasteiger charge is 2.42. The molecule has 4 fully saturated rings. The standard InChI is InChI=1S/C19H26N2OS/c22-19(17-11-20-18(23-17)13-5-6-13)21-7-1-2-16(21)10-15-9-12-3-4-14(15)8-12/h11-16H,1-10H2. The average molecular weight is 330 g/mol. The van der Waals surface area contributed by atoms with E-state index in [0.29, 0.717) is 12.0 Å². The topological polar surface area (TPSA) is 33.2 Å². The molecule has 1 aromatic heterocycles. The predicted molar refractivity (Wildman–Crippen MR) is 91.7 cm³/mol. The Bertz CT molecular complexity index is 608. The predicted octanol–water partition coefficient (Wildman–Crippen LogP) is 4.45. The lowest BCUT2D eigenvalue weighted by Gasteiger charge is -2.30. The minimum atomic E-state index is 0.264. The van der Waals surface area contributed by atoms with Crippen molar-refractivity contribution in [3.63, 3.8) is 0 Å². The maximum Gasteiger partial charge on any atom is 0.265 e. The van der Waals surface area contributed by atoms with Crippen LogP contribution in [0.15, 0.2) is 6.20 Å². The summed E-state index contributed by atoms with van der Waals surface area (Å²) >= 11 is 1.65. The number of amides is 1. The lowest BCUT2D eigenvalue weighted by molar-refractivity contribution is 0.0712. The number of likely N-dealkylation sites (tertiary alicyclic amines) is 1. The molecule has 4 atom stereocenters. The number of carbonyl (C=O) groups excluding carboxylic acids is 1. The van der Waals surface area contributed by atoms with Crippen LogP contribution in [0.25, 0.3) is 0 Å². The number of nitrogens with zero attached hydrogens (tertiary/aromatic N) is 2. The normalized spacial score (nSPS) is 36.1. The number of thiazole rings is 1. The Morgan fingerprint density at radius 3 is 2.87 bits per heavy atom. The molecule has 3 aliphatic carbocycles. The fourth-order valence-corrected chi connectivity index (χ4v) is 6.45. The minimum absolute atomic E-state index is 0.264. The van der Waals surface area contributed by atoms with Crippen LogP contribution >= 0.6 is 11.3 Å². The highest BCUT2D eigenvalue weighted by Crippen LogP contribution is 2.50. The fourth-order valence-electron chi connectivity index (χ4n) is 5.41. The Balaban J connectivity index is 1.27. The number of carbonyl (C=O) groups is 1. The largest absolute Gasteiger partial charge is 0.335 e. The lowest BCUT2D eigenvalue weighted by Crippen LogP contribution is -2.37. The summed E-state index contributed by atoms with van der Waals surface area (Å²) in [6.07, 6.45) is 13.9. The van der Waals surface area contributed by atoms with Gasteiger partial charge in [-0.1, -0.05) is 6.42 Å². The molecule has 1 saturated heterocycles. The lowest BCUT2D eigenvalue weighted by atomic mass is 9.83. The second kappa shape index (κ2) is 5.58. The Morgan fingerprint density at radius 1 is 1.22 bits per heavy atom. The molecular formula is C19H26N2OS. The van der Waals surface area contributed by atoms with Crippen molar-refractivity contribution < 1.29 is 4.79 Å². The Kier molecular flexibility index (Phi) is 3.50. The molecule has 1 amide bonds. The van der Waals surface area contributed by atoms with Crippen LogP contribution in [0.5, 0.6) is 0 Å². The van der Waals surface area contributed by atoms with E-state index in [1.165, 1.54) is 62.8 Å². The molecule has 0 radical (unpaired) electrons. The molecule has 1 aromatic rings. The summed E-state index contributed by atoms with van der Waals surface area (Å²) in [6, 6.07) is 0.498. The van der Waals surface area contributed by atoms with Gasteiger partial charge in [-0.2, -0.15) is 0 Å². The van der Waals surface area contributed by atoms with Crippen molar-refractivity contribution >= 4 is 17.2 Å². The molecule has 3 saturated carbocycles. The molecule has 0 spiro atoms. The zero-order valence-electron chi connectivity index (χ0n) is 13.7. The molecule has 4 aliphatic rings. The van der Waals surface area contributed by atoms with Gasteiger partial charge in [0.1, 0.15) is 4.88 Å². The first-order chi connectivity index (χ1) is 11.3. The number of hydrogen-bond acceptors (Lipinski definition) is 3. The number of rotatable bonds is 4. The van der Waals surface area contributed by atoms with Gasteiger partial charge in [-0.3, -0.25) is 4.79 Å². The maximum atomic E-state index is 12.9. The van der Waals surface area contributed by atoms with E-state index in [-0.39, 0.29) is 5.91 Å². The van der Waals surface area contributed by atoms with E-state index in [9.17, 15) is 4.79 Å². The van der Waals surface area contributed by atoms with Crippen LogP contribution < -0.4 is 0 Å². The van der Waals surface area contributed by atoms with Crippen LogP contribution in [-0.4, -0.2) is 28.4 Å². The Hall–Kier alpha value is -0.900. The van der Waals surface area contributed by atoms with Crippen molar-refractivity contribution in [1.82, 2.24) is 9.88 Å². The first-order valence-electron chi connectivity index (χ1n) is 9.54. The summed E-state index contributed by atoms with van der Waals surface area (Å²) in [5, 5.41) is 1.19. The summed E-state index contributed by atoms with van der Waals surface area (Å²) < 4.78 is 0. The smallest absolute Gasteiger partial charge is 0.265 e. The van der Waals surface area contributed by atoms with Crippen molar-refractivity contribution in [2.24, 2.45) is 17.8 Å². The number of aromatic nitrogens is 1. The van der Waals surface area contributed by atoms with E-state index in [2.05, 4.69) is 9.88 Å². The van der Waals surface area contributed by atoms with E-state index in [0.717, 1.165) is 29.2 Å². The van der Waals surface area contributed by atoms with Crippen LogP contribution in [-0.2, 0) is 0 Å². The van der Waals surface area contributed by atoms with Gasteiger partial charge in [0, 0.05) is 18.5 Å². The molecule has 1 aliphatic heterocycles. The molecule has 5 rings (SSSR count). The molecule has 23 heavy (non-hydrogen) atoms. The summed E-state index contributed by atoms with van der Waals surface area (Å²) in [4.78, 5) is 20.5. The highest BCUT2D eigenvalue weighted by molar-refractivity contribution is 7.13. The summed E-state index contributed by atoms with van der Waals surface area (Å²) in [6.45, 7) is 0.959. The molecule has 3 nitrogen and oxygen atoms in total.